The third-order valence-electron chi connectivity index (χ3n) is 4.42. The summed E-state index contributed by atoms with van der Waals surface area (Å²) in [7, 11) is 0. The van der Waals surface area contributed by atoms with Crippen molar-refractivity contribution < 1.29 is 4.42 Å². The normalized spacial score (nSPS) is 13.6. The maximum atomic E-state index is 6.26. The Morgan fingerprint density at radius 3 is 2.67 bits per heavy atom. The zero-order valence-corrected chi connectivity index (χ0v) is 12.4. The number of fused-ring (bicyclic) bond motifs is 3. The van der Waals surface area contributed by atoms with Gasteiger partial charge in [0.1, 0.15) is 11.3 Å². The quantitative estimate of drug-likeness (QED) is 0.556. The Labute approximate surface area is 124 Å². The van der Waals surface area contributed by atoms with E-state index in [4.69, 9.17) is 4.42 Å². The average molecular weight is 274 g/mol. The highest BCUT2D eigenvalue weighted by atomic mass is 16.3. The Kier molecular flexibility index (Phi) is 2.75. The number of hydrogen-bond donors (Lipinski definition) is 0. The second kappa shape index (κ2) is 4.63. The lowest BCUT2D eigenvalue weighted by atomic mass is 9.93. The molecule has 3 aromatic rings. The van der Waals surface area contributed by atoms with Gasteiger partial charge in [-0.25, -0.2) is 0 Å². The molecule has 0 unspecified atom stereocenters. The van der Waals surface area contributed by atoms with Crippen molar-refractivity contribution in [2.45, 2.75) is 26.7 Å². The first kappa shape index (κ1) is 12.5. The van der Waals surface area contributed by atoms with Crippen molar-refractivity contribution in [1.82, 2.24) is 0 Å². The molecular weight excluding hydrogens is 256 g/mol. The Hall–Kier alpha value is -2.28. The van der Waals surface area contributed by atoms with E-state index in [1.54, 1.807) is 0 Å². The van der Waals surface area contributed by atoms with Crippen molar-refractivity contribution in [2.75, 3.05) is 0 Å². The molecule has 1 aliphatic rings. The molecular formula is C20H18O. The van der Waals surface area contributed by atoms with Gasteiger partial charge in [0.25, 0.3) is 0 Å². The molecule has 0 aliphatic heterocycles. The predicted molar refractivity (Wildman–Crippen MR) is 88.5 cm³/mol. The third-order valence-corrected chi connectivity index (χ3v) is 4.42. The van der Waals surface area contributed by atoms with Crippen LogP contribution >= 0.6 is 0 Å². The molecule has 104 valence electrons. The lowest BCUT2D eigenvalue weighted by molar-refractivity contribution is 0.547. The summed E-state index contributed by atoms with van der Waals surface area (Å²) in [5, 5.41) is 1.24. The van der Waals surface area contributed by atoms with E-state index < -0.39 is 0 Å². The molecule has 21 heavy (non-hydrogen) atoms. The summed E-state index contributed by atoms with van der Waals surface area (Å²) in [5.74, 6) is 1.13. The molecule has 0 saturated heterocycles. The zero-order valence-electron chi connectivity index (χ0n) is 12.4. The molecule has 0 saturated carbocycles. The van der Waals surface area contributed by atoms with Gasteiger partial charge >= 0.3 is 0 Å². The van der Waals surface area contributed by atoms with Gasteiger partial charge in [-0.3, -0.25) is 0 Å². The molecule has 0 N–H and O–H groups in total. The molecule has 0 fully saturated rings. The Balaban J connectivity index is 2.09. The van der Waals surface area contributed by atoms with Crippen molar-refractivity contribution in [3.05, 3.63) is 64.9 Å². The summed E-state index contributed by atoms with van der Waals surface area (Å²) in [6, 6.07) is 12.9. The summed E-state index contributed by atoms with van der Waals surface area (Å²) in [6.45, 7) is 4.33. The summed E-state index contributed by atoms with van der Waals surface area (Å²) in [5.41, 5.74) is 7.39. The van der Waals surface area contributed by atoms with Crippen molar-refractivity contribution in [1.29, 1.82) is 0 Å². The molecule has 4 rings (SSSR count). The van der Waals surface area contributed by atoms with E-state index in [1.807, 2.05) is 0 Å². The Morgan fingerprint density at radius 2 is 1.81 bits per heavy atom. The summed E-state index contributed by atoms with van der Waals surface area (Å²) < 4.78 is 6.26. The monoisotopic (exact) mass is 274 g/mol. The van der Waals surface area contributed by atoms with Crippen LogP contribution in [0.1, 0.15) is 28.9 Å². The molecule has 1 nitrogen and oxygen atoms in total. The van der Waals surface area contributed by atoms with Crippen LogP contribution in [0, 0.1) is 13.8 Å². The molecule has 1 aromatic heterocycles. The molecule has 2 aromatic carbocycles. The van der Waals surface area contributed by atoms with Crippen molar-refractivity contribution in [2.24, 2.45) is 0 Å². The zero-order chi connectivity index (χ0) is 14.4. The van der Waals surface area contributed by atoms with E-state index in [0.717, 1.165) is 24.2 Å². The summed E-state index contributed by atoms with van der Waals surface area (Å²) in [4.78, 5) is 0. The van der Waals surface area contributed by atoms with Gasteiger partial charge in [-0.15, -0.1) is 0 Å². The molecule has 1 heteroatoms. The number of aryl methyl sites for hydroxylation is 3. The minimum atomic E-state index is 1.01. The minimum absolute atomic E-state index is 1.01. The lowest BCUT2D eigenvalue weighted by Crippen LogP contribution is -1.88. The molecule has 0 radical (unpaired) electrons. The summed E-state index contributed by atoms with van der Waals surface area (Å²) in [6.07, 6.45) is 6.53. The average Bonchev–Trinajstić information content (AvgIpc) is 2.87. The highest BCUT2D eigenvalue weighted by Gasteiger charge is 2.19. The first-order chi connectivity index (χ1) is 10.3. The van der Waals surface area contributed by atoms with Crippen LogP contribution in [0.25, 0.3) is 28.2 Å². The third kappa shape index (κ3) is 1.84. The van der Waals surface area contributed by atoms with Crippen LogP contribution in [0.5, 0.6) is 0 Å². The first-order valence-electron chi connectivity index (χ1n) is 7.53. The molecule has 0 amide bonds. The Morgan fingerprint density at radius 1 is 0.952 bits per heavy atom. The second-order valence-corrected chi connectivity index (χ2v) is 5.83. The Bertz CT molecular complexity index is 865. The highest BCUT2D eigenvalue weighted by Crippen LogP contribution is 2.39. The van der Waals surface area contributed by atoms with E-state index in [1.165, 1.54) is 33.2 Å². The van der Waals surface area contributed by atoms with Crippen LogP contribution in [0.15, 0.2) is 46.9 Å². The highest BCUT2D eigenvalue weighted by molar-refractivity contribution is 6.00. The van der Waals surface area contributed by atoms with Gasteiger partial charge < -0.3 is 4.42 Å². The lowest BCUT2D eigenvalue weighted by Gasteiger charge is -2.10. The molecule has 1 aliphatic carbocycles. The van der Waals surface area contributed by atoms with E-state index in [-0.39, 0.29) is 0 Å². The second-order valence-electron chi connectivity index (χ2n) is 5.83. The number of rotatable bonds is 1. The fourth-order valence-electron chi connectivity index (χ4n) is 3.30. The molecule has 1 heterocycles. The van der Waals surface area contributed by atoms with Gasteiger partial charge in [-0.05, 0) is 37.0 Å². The minimum Gasteiger partial charge on any atom is -0.460 e. The van der Waals surface area contributed by atoms with Crippen molar-refractivity contribution >= 4 is 17.0 Å². The van der Waals surface area contributed by atoms with Crippen molar-refractivity contribution in [3.63, 3.8) is 0 Å². The fraction of sp³-hybridized carbons (Fsp3) is 0.200. The van der Waals surface area contributed by atoms with Crippen LogP contribution in [-0.2, 0) is 6.42 Å². The molecule has 0 bridgehead atoms. The van der Waals surface area contributed by atoms with Gasteiger partial charge in [-0.2, -0.15) is 0 Å². The first-order valence-corrected chi connectivity index (χ1v) is 7.53. The number of hydrogen-bond acceptors (Lipinski definition) is 1. The SMILES string of the molecule is Cc1ccccc1-c1c(C)ccc2c3c(oc12)CCC=C3. The smallest absolute Gasteiger partial charge is 0.143 e. The number of allylic oxidation sites excluding steroid dienone is 1. The number of benzene rings is 2. The van der Waals surface area contributed by atoms with Crippen LogP contribution in [0.4, 0.5) is 0 Å². The predicted octanol–water partition coefficient (Wildman–Crippen LogP) is 5.68. The topological polar surface area (TPSA) is 13.1 Å². The molecule has 0 spiro atoms. The van der Waals surface area contributed by atoms with Gasteiger partial charge in [0, 0.05) is 22.9 Å². The maximum absolute atomic E-state index is 6.26. The van der Waals surface area contributed by atoms with Crippen LogP contribution in [-0.4, -0.2) is 0 Å². The maximum Gasteiger partial charge on any atom is 0.143 e. The van der Waals surface area contributed by atoms with E-state index in [2.05, 4.69) is 62.4 Å². The van der Waals surface area contributed by atoms with Gasteiger partial charge in [0.15, 0.2) is 0 Å². The summed E-state index contributed by atoms with van der Waals surface area (Å²) >= 11 is 0. The van der Waals surface area contributed by atoms with E-state index in [9.17, 15) is 0 Å². The molecule has 0 atom stereocenters. The van der Waals surface area contributed by atoms with E-state index >= 15 is 0 Å². The van der Waals surface area contributed by atoms with Crippen molar-refractivity contribution in [3.8, 4) is 11.1 Å². The van der Waals surface area contributed by atoms with Gasteiger partial charge in [0.2, 0.25) is 0 Å². The fourth-order valence-corrected chi connectivity index (χ4v) is 3.30. The van der Waals surface area contributed by atoms with Crippen LogP contribution < -0.4 is 0 Å². The van der Waals surface area contributed by atoms with E-state index in [0.29, 0.717) is 0 Å². The largest absolute Gasteiger partial charge is 0.460 e. The van der Waals surface area contributed by atoms with Gasteiger partial charge in [-0.1, -0.05) is 48.6 Å². The van der Waals surface area contributed by atoms with Crippen LogP contribution in [0.2, 0.25) is 0 Å². The van der Waals surface area contributed by atoms with Crippen LogP contribution in [0.3, 0.4) is 0 Å². The van der Waals surface area contributed by atoms with Gasteiger partial charge in [0.05, 0.1) is 0 Å². The number of furan rings is 1. The standard InChI is InChI=1S/C20H18O/c1-13-7-3-4-8-15(13)19-14(2)11-12-17-16-9-5-6-10-18(16)21-20(17)19/h3-5,7-9,11-12H,6,10H2,1-2H3.